The number of hydrazone groups is 1. The molecule has 0 fully saturated rings. The SMILES string of the molecule is O=C(O)COc1c(I)cc(/C=N\NC(=O)c2cc3cc(Br)cc(I)c3o2)cc1I. The maximum Gasteiger partial charge on any atom is 0.341 e. The lowest BCUT2D eigenvalue weighted by molar-refractivity contribution is -0.139. The molecule has 2 N–H and O–H groups in total. The molecule has 1 aromatic heterocycles. The molecule has 0 aliphatic heterocycles. The molecule has 0 aliphatic carbocycles. The topological polar surface area (TPSA) is 101 Å². The molecule has 0 atom stereocenters. The van der Waals surface area contributed by atoms with E-state index in [1.165, 1.54) is 6.21 Å². The van der Waals surface area contributed by atoms with Gasteiger partial charge in [-0.3, -0.25) is 4.79 Å². The van der Waals surface area contributed by atoms with Crippen molar-refractivity contribution in [3.63, 3.8) is 0 Å². The van der Waals surface area contributed by atoms with Gasteiger partial charge < -0.3 is 14.3 Å². The van der Waals surface area contributed by atoms with Crippen molar-refractivity contribution in [2.45, 2.75) is 0 Å². The molecule has 7 nitrogen and oxygen atoms in total. The van der Waals surface area contributed by atoms with Crippen LogP contribution in [0.25, 0.3) is 11.0 Å². The third-order valence-corrected chi connectivity index (χ3v) is 6.36. The number of carboxylic acids is 1. The van der Waals surface area contributed by atoms with Crippen LogP contribution in [0.4, 0.5) is 0 Å². The van der Waals surface area contributed by atoms with Crippen molar-refractivity contribution >= 4 is 113 Å². The number of amides is 1. The molecule has 0 unspecified atom stereocenters. The zero-order valence-corrected chi connectivity index (χ0v) is 22.3. The van der Waals surface area contributed by atoms with E-state index in [0.717, 1.165) is 26.1 Å². The number of rotatable bonds is 6. The molecule has 0 aliphatic rings. The molecule has 2 aromatic carbocycles. The first-order valence-corrected chi connectivity index (χ1v) is 11.8. The number of halogens is 4. The molecular weight excluding hydrogens is 785 g/mol. The molecule has 3 rings (SSSR count). The second kappa shape index (κ2) is 9.91. The van der Waals surface area contributed by atoms with Gasteiger partial charge in [-0.25, -0.2) is 10.2 Å². The normalized spacial score (nSPS) is 11.2. The van der Waals surface area contributed by atoms with Crippen LogP contribution in [-0.4, -0.2) is 29.8 Å². The number of hydrogen-bond acceptors (Lipinski definition) is 5. The van der Waals surface area contributed by atoms with Crippen LogP contribution in [-0.2, 0) is 4.79 Å². The van der Waals surface area contributed by atoms with E-state index in [1.807, 2.05) is 12.1 Å². The van der Waals surface area contributed by atoms with E-state index < -0.39 is 18.5 Å². The van der Waals surface area contributed by atoms with Crippen molar-refractivity contribution in [2.75, 3.05) is 6.61 Å². The summed E-state index contributed by atoms with van der Waals surface area (Å²) >= 11 is 9.68. The Labute approximate surface area is 214 Å². The summed E-state index contributed by atoms with van der Waals surface area (Å²) in [6.07, 6.45) is 1.49. The molecule has 0 radical (unpaired) electrons. The van der Waals surface area contributed by atoms with Crippen LogP contribution in [0.3, 0.4) is 0 Å². The fourth-order valence-corrected chi connectivity index (χ4v) is 6.12. The molecule has 1 amide bonds. The smallest absolute Gasteiger partial charge is 0.341 e. The zero-order valence-electron chi connectivity index (χ0n) is 14.2. The number of benzene rings is 2. The van der Waals surface area contributed by atoms with E-state index in [1.54, 1.807) is 18.2 Å². The van der Waals surface area contributed by atoms with Crippen molar-refractivity contribution in [3.05, 3.63) is 56.8 Å². The van der Waals surface area contributed by atoms with Crippen molar-refractivity contribution < 1.29 is 23.8 Å². The minimum absolute atomic E-state index is 0.162. The quantitative estimate of drug-likeness (QED) is 0.202. The van der Waals surface area contributed by atoms with Gasteiger partial charge in [-0.05, 0) is 104 Å². The Kier molecular flexibility index (Phi) is 7.77. The van der Waals surface area contributed by atoms with Crippen LogP contribution in [0, 0.1) is 10.7 Å². The van der Waals surface area contributed by atoms with Crippen molar-refractivity contribution in [1.82, 2.24) is 5.43 Å². The molecular formula is C18H10BrI3N2O5. The van der Waals surface area contributed by atoms with Crippen LogP contribution in [0.1, 0.15) is 16.1 Å². The Bertz CT molecular complexity index is 1120. The summed E-state index contributed by atoms with van der Waals surface area (Å²) in [7, 11) is 0. The molecule has 1 heterocycles. The van der Waals surface area contributed by atoms with Gasteiger partial charge in [-0.1, -0.05) is 15.9 Å². The summed E-state index contributed by atoms with van der Waals surface area (Å²) in [6, 6.07) is 8.99. The fourth-order valence-electron chi connectivity index (χ4n) is 2.33. The van der Waals surface area contributed by atoms with E-state index in [-0.39, 0.29) is 5.76 Å². The Balaban J connectivity index is 1.72. The lowest BCUT2D eigenvalue weighted by Crippen LogP contribution is -2.16. The first-order chi connectivity index (χ1) is 13.7. The monoisotopic (exact) mass is 794 g/mol. The summed E-state index contributed by atoms with van der Waals surface area (Å²) in [5.74, 6) is -0.847. The lowest BCUT2D eigenvalue weighted by Gasteiger charge is -2.09. The number of nitrogens with zero attached hydrogens (tertiary/aromatic N) is 1. The Morgan fingerprint density at radius 1 is 1.14 bits per heavy atom. The second-order valence-corrected chi connectivity index (χ2v) is 10.0. The highest BCUT2D eigenvalue weighted by Crippen LogP contribution is 2.29. The molecule has 150 valence electrons. The highest BCUT2D eigenvalue weighted by molar-refractivity contribution is 14.1. The van der Waals surface area contributed by atoms with E-state index in [2.05, 4.69) is 94.2 Å². The highest BCUT2D eigenvalue weighted by Gasteiger charge is 2.14. The summed E-state index contributed by atoms with van der Waals surface area (Å²) in [5, 5.41) is 13.5. The predicted molar refractivity (Wildman–Crippen MR) is 137 cm³/mol. The van der Waals surface area contributed by atoms with E-state index in [9.17, 15) is 9.59 Å². The van der Waals surface area contributed by atoms with Gasteiger partial charge in [0, 0.05) is 9.86 Å². The minimum atomic E-state index is -1.04. The maximum absolute atomic E-state index is 12.3. The Morgan fingerprint density at radius 2 is 1.83 bits per heavy atom. The second-order valence-electron chi connectivity index (χ2n) is 5.61. The van der Waals surface area contributed by atoms with E-state index >= 15 is 0 Å². The summed E-state index contributed by atoms with van der Waals surface area (Å²) in [4.78, 5) is 23.0. The van der Waals surface area contributed by atoms with Crippen LogP contribution in [0.15, 0.2) is 44.3 Å². The average Bonchev–Trinajstić information content (AvgIpc) is 3.05. The predicted octanol–water partition coefficient (Wildman–Crippen LogP) is 5.24. The van der Waals surface area contributed by atoms with Gasteiger partial charge in [0.25, 0.3) is 0 Å². The maximum atomic E-state index is 12.3. The molecule has 0 saturated carbocycles. The van der Waals surface area contributed by atoms with Crippen molar-refractivity contribution in [1.29, 1.82) is 0 Å². The van der Waals surface area contributed by atoms with Gasteiger partial charge >= 0.3 is 11.9 Å². The third-order valence-electron chi connectivity index (χ3n) is 3.50. The van der Waals surface area contributed by atoms with Crippen LogP contribution in [0.2, 0.25) is 0 Å². The first-order valence-electron chi connectivity index (χ1n) is 7.80. The molecule has 29 heavy (non-hydrogen) atoms. The van der Waals surface area contributed by atoms with Gasteiger partial charge in [0.05, 0.1) is 16.9 Å². The summed E-state index contributed by atoms with van der Waals surface area (Å²) < 4.78 is 14.2. The molecule has 11 heteroatoms. The largest absolute Gasteiger partial charge is 0.480 e. The minimum Gasteiger partial charge on any atom is -0.480 e. The highest BCUT2D eigenvalue weighted by atomic mass is 127. The van der Waals surface area contributed by atoms with Crippen molar-refractivity contribution in [3.8, 4) is 5.75 Å². The number of carbonyl (C=O) groups is 2. The van der Waals surface area contributed by atoms with Crippen LogP contribution in [0.5, 0.6) is 5.75 Å². The number of carboxylic acid groups (broad SMARTS) is 1. The van der Waals surface area contributed by atoms with Gasteiger partial charge in [-0.2, -0.15) is 5.10 Å². The van der Waals surface area contributed by atoms with Gasteiger partial charge in [-0.15, -0.1) is 0 Å². The standard InChI is InChI=1S/C18H10BrI3N2O5/c19-10-3-9-4-14(29-16(9)13(22)5-10)18(27)24-23-6-8-1-11(20)17(12(21)2-8)28-7-15(25)26/h1-6H,7H2,(H,24,27)(H,25,26)/b23-6-. The number of fused-ring (bicyclic) bond motifs is 1. The lowest BCUT2D eigenvalue weighted by atomic mass is 10.2. The van der Waals surface area contributed by atoms with E-state index in [0.29, 0.717) is 11.3 Å². The summed E-state index contributed by atoms with van der Waals surface area (Å²) in [6.45, 7) is -0.414. The van der Waals surface area contributed by atoms with Gasteiger partial charge in [0.1, 0.15) is 11.3 Å². The average molecular weight is 795 g/mol. The number of hydrogen-bond donors (Lipinski definition) is 2. The van der Waals surface area contributed by atoms with Gasteiger partial charge in [0.2, 0.25) is 0 Å². The number of aliphatic carboxylic acids is 1. The fraction of sp³-hybridized carbons (Fsp3) is 0.0556. The molecule has 0 spiro atoms. The van der Waals surface area contributed by atoms with Crippen molar-refractivity contribution in [2.24, 2.45) is 5.10 Å². The van der Waals surface area contributed by atoms with Crippen LogP contribution >= 0.6 is 83.7 Å². The first kappa shape index (κ1) is 22.7. The Morgan fingerprint density at radius 3 is 2.48 bits per heavy atom. The number of furan rings is 1. The summed E-state index contributed by atoms with van der Waals surface area (Å²) in [5.41, 5.74) is 3.81. The molecule has 0 saturated heterocycles. The zero-order chi connectivity index (χ0) is 21.1. The third kappa shape index (κ3) is 5.81. The number of ether oxygens (including phenoxy) is 1. The van der Waals surface area contributed by atoms with Gasteiger partial charge in [0.15, 0.2) is 12.4 Å². The van der Waals surface area contributed by atoms with E-state index in [4.69, 9.17) is 14.3 Å². The van der Waals surface area contributed by atoms with Crippen LogP contribution < -0.4 is 10.2 Å². The number of nitrogens with one attached hydrogen (secondary N) is 1. The molecule has 3 aromatic rings. The number of carbonyl (C=O) groups excluding carboxylic acids is 1. The Hall–Kier alpha value is -0.940. The molecule has 0 bridgehead atoms.